The molecule has 3 atom stereocenters. The number of carbonyl (C=O) groups excluding carboxylic acids is 2. The van der Waals surface area contributed by atoms with Crippen molar-refractivity contribution in [1.82, 2.24) is 5.32 Å². The highest BCUT2D eigenvalue weighted by atomic mass is 28.4. The van der Waals surface area contributed by atoms with Crippen LogP contribution in [0.1, 0.15) is 55.4 Å². The van der Waals surface area contributed by atoms with Gasteiger partial charge in [0, 0.05) is 0 Å². The van der Waals surface area contributed by atoms with Crippen LogP contribution < -0.4 is 5.32 Å². The third-order valence-corrected chi connectivity index (χ3v) is 9.23. The number of nitrogens with one attached hydrogen (secondary N) is 1. The highest BCUT2D eigenvalue weighted by Gasteiger charge is 2.41. The maximum atomic E-state index is 12.6. The Labute approximate surface area is 171 Å². The van der Waals surface area contributed by atoms with Crippen molar-refractivity contribution in [3.05, 3.63) is 24.3 Å². The van der Waals surface area contributed by atoms with Gasteiger partial charge in [0.25, 0.3) is 0 Å². The smallest absolute Gasteiger partial charge is 0.408 e. The van der Waals surface area contributed by atoms with Crippen LogP contribution in [0, 0.1) is 0 Å². The minimum atomic E-state index is -2.17. The van der Waals surface area contributed by atoms with Gasteiger partial charge in [-0.25, -0.2) is 4.79 Å². The number of alkyl carbamates (subject to hydrolysis) is 1. The lowest BCUT2D eigenvalue weighted by atomic mass is 10.0. The van der Waals surface area contributed by atoms with Crippen LogP contribution in [-0.2, 0) is 14.0 Å². The van der Waals surface area contributed by atoms with Gasteiger partial charge in [0.05, 0.1) is 6.10 Å². The molecule has 0 radical (unpaired) electrons. The molecule has 0 aromatic carbocycles. The maximum Gasteiger partial charge on any atom is 0.408 e. The molecule has 0 unspecified atom stereocenters. The van der Waals surface area contributed by atoms with E-state index in [1.165, 1.54) is 6.08 Å². The van der Waals surface area contributed by atoms with Crippen molar-refractivity contribution in [3.63, 3.8) is 0 Å². The molecule has 2 N–H and O–H groups in total. The molecule has 0 spiro atoms. The number of amides is 1. The van der Waals surface area contributed by atoms with E-state index in [-0.39, 0.29) is 5.04 Å². The Morgan fingerprint density at radius 1 is 1.07 bits per heavy atom. The number of ether oxygens (including phenoxy) is 1. The summed E-state index contributed by atoms with van der Waals surface area (Å²) in [6.07, 6.45) is 3.75. The first-order chi connectivity index (χ1) is 12.5. The van der Waals surface area contributed by atoms with Crippen LogP contribution in [0.4, 0.5) is 4.79 Å². The molecule has 162 valence electrons. The number of allylic oxidation sites excluding steroid dienone is 3. The molecule has 1 amide bonds. The molecule has 0 aliphatic rings. The van der Waals surface area contributed by atoms with E-state index in [4.69, 9.17) is 9.16 Å². The van der Waals surface area contributed by atoms with Crippen LogP contribution in [-0.4, -0.2) is 49.2 Å². The first-order valence-electron chi connectivity index (χ1n) is 9.70. The molecule has 0 saturated carbocycles. The largest absolute Gasteiger partial charge is 0.444 e. The summed E-state index contributed by atoms with van der Waals surface area (Å²) in [6.45, 7) is 19.2. The number of hydrogen-bond donors (Lipinski definition) is 2. The number of aliphatic hydroxyl groups is 1. The Kier molecular flexibility index (Phi) is 9.83. The SMILES string of the molecule is C/C=C/C=C/C(=O)[C@@H](NC(=O)OC(C)(C)C)[C@H](O)[C@@H](C)O[Si](C)(C)C(C)(C)C. The van der Waals surface area contributed by atoms with E-state index < -0.39 is 44.0 Å². The molecule has 28 heavy (non-hydrogen) atoms. The van der Waals surface area contributed by atoms with Gasteiger partial charge >= 0.3 is 6.09 Å². The van der Waals surface area contributed by atoms with E-state index in [2.05, 4.69) is 39.2 Å². The summed E-state index contributed by atoms with van der Waals surface area (Å²) in [4.78, 5) is 24.8. The molecule has 0 aliphatic heterocycles. The number of carbonyl (C=O) groups is 2. The van der Waals surface area contributed by atoms with Crippen LogP contribution in [0.25, 0.3) is 0 Å². The molecule has 0 saturated heterocycles. The Morgan fingerprint density at radius 2 is 1.61 bits per heavy atom. The van der Waals surface area contributed by atoms with Gasteiger partial charge in [-0.1, -0.05) is 39.0 Å². The van der Waals surface area contributed by atoms with Crippen LogP contribution in [0.5, 0.6) is 0 Å². The van der Waals surface area contributed by atoms with Gasteiger partial charge in [0.1, 0.15) is 17.7 Å². The quantitative estimate of drug-likeness (QED) is 0.351. The molecule has 0 aromatic heterocycles. The van der Waals surface area contributed by atoms with E-state index in [1.54, 1.807) is 45.9 Å². The summed E-state index contributed by atoms with van der Waals surface area (Å²) >= 11 is 0. The van der Waals surface area contributed by atoms with Crippen LogP contribution in [0.3, 0.4) is 0 Å². The first kappa shape index (κ1) is 26.6. The standard InChI is InChI=1S/C21H39NO5Si/c1-11-12-13-14-16(23)17(22-19(25)26-20(3,4)5)18(24)15(2)27-28(9,10)21(6,7)8/h11-15,17-18,24H,1-10H3,(H,22,25)/b12-11+,14-13+/t15-,17-,18-/m1/s1. The number of ketones is 1. The lowest BCUT2D eigenvalue weighted by molar-refractivity contribution is -0.121. The number of rotatable bonds is 8. The molecular weight excluding hydrogens is 374 g/mol. The summed E-state index contributed by atoms with van der Waals surface area (Å²) in [6, 6.07) is -1.17. The molecule has 0 aromatic rings. The zero-order valence-electron chi connectivity index (χ0n) is 19.1. The second-order valence-electron chi connectivity index (χ2n) is 9.49. The van der Waals surface area contributed by atoms with E-state index >= 15 is 0 Å². The second kappa shape index (κ2) is 10.4. The Morgan fingerprint density at radius 3 is 2.04 bits per heavy atom. The summed E-state index contributed by atoms with van der Waals surface area (Å²) in [5.74, 6) is -0.429. The van der Waals surface area contributed by atoms with Gasteiger partial charge in [0.2, 0.25) is 0 Å². The fourth-order valence-electron chi connectivity index (χ4n) is 2.11. The molecule has 0 aliphatic carbocycles. The molecule has 0 bridgehead atoms. The lowest BCUT2D eigenvalue weighted by Crippen LogP contribution is -2.56. The van der Waals surface area contributed by atoms with E-state index in [9.17, 15) is 14.7 Å². The van der Waals surface area contributed by atoms with Crippen molar-refractivity contribution in [2.45, 2.75) is 97.4 Å². The minimum absolute atomic E-state index is 0.0507. The van der Waals surface area contributed by atoms with Gasteiger partial charge < -0.3 is 19.6 Å². The lowest BCUT2D eigenvalue weighted by Gasteiger charge is -2.40. The Balaban J connectivity index is 5.52. The van der Waals surface area contributed by atoms with E-state index in [0.29, 0.717) is 0 Å². The average molecular weight is 414 g/mol. The minimum Gasteiger partial charge on any atom is -0.444 e. The van der Waals surface area contributed by atoms with Crippen molar-refractivity contribution in [2.75, 3.05) is 0 Å². The van der Waals surface area contributed by atoms with Gasteiger partial charge in [-0.15, -0.1) is 0 Å². The maximum absolute atomic E-state index is 12.6. The number of aliphatic hydroxyl groups excluding tert-OH is 1. The van der Waals surface area contributed by atoms with Crippen molar-refractivity contribution in [3.8, 4) is 0 Å². The van der Waals surface area contributed by atoms with Gasteiger partial charge in [0.15, 0.2) is 14.1 Å². The van der Waals surface area contributed by atoms with Crippen molar-refractivity contribution < 1.29 is 23.9 Å². The third kappa shape index (κ3) is 9.17. The second-order valence-corrected chi connectivity index (χ2v) is 14.2. The molecule has 7 heteroatoms. The molecule has 0 heterocycles. The zero-order valence-corrected chi connectivity index (χ0v) is 20.1. The Hall–Kier alpha value is -1.44. The first-order valence-corrected chi connectivity index (χ1v) is 12.6. The monoisotopic (exact) mass is 413 g/mol. The molecule has 6 nitrogen and oxygen atoms in total. The van der Waals surface area contributed by atoms with Crippen LogP contribution >= 0.6 is 0 Å². The summed E-state index contributed by atoms with van der Waals surface area (Å²) in [7, 11) is -2.17. The van der Waals surface area contributed by atoms with Crippen molar-refractivity contribution >= 4 is 20.2 Å². The van der Waals surface area contributed by atoms with Crippen LogP contribution in [0.15, 0.2) is 24.3 Å². The summed E-state index contributed by atoms with van der Waals surface area (Å²) in [5.41, 5.74) is -0.716. The molecular formula is C21H39NO5Si. The normalized spacial score (nSPS) is 16.8. The van der Waals surface area contributed by atoms with E-state index in [1.807, 2.05) is 6.92 Å². The fraction of sp³-hybridized carbons (Fsp3) is 0.714. The van der Waals surface area contributed by atoms with Gasteiger partial charge in [-0.2, -0.15) is 0 Å². The predicted octanol–water partition coefficient (Wildman–Crippen LogP) is 4.35. The average Bonchev–Trinajstić information content (AvgIpc) is 2.48. The highest BCUT2D eigenvalue weighted by molar-refractivity contribution is 6.74. The van der Waals surface area contributed by atoms with Crippen LogP contribution in [0.2, 0.25) is 18.1 Å². The molecule has 0 fully saturated rings. The third-order valence-electron chi connectivity index (χ3n) is 4.65. The fourth-order valence-corrected chi connectivity index (χ4v) is 3.53. The predicted molar refractivity (Wildman–Crippen MR) is 116 cm³/mol. The zero-order chi connectivity index (χ0) is 22.3. The number of hydrogen-bond acceptors (Lipinski definition) is 5. The van der Waals surface area contributed by atoms with Crippen molar-refractivity contribution in [1.29, 1.82) is 0 Å². The van der Waals surface area contributed by atoms with E-state index in [0.717, 1.165) is 0 Å². The highest BCUT2D eigenvalue weighted by Crippen LogP contribution is 2.37. The summed E-state index contributed by atoms with van der Waals surface area (Å²) < 4.78 is 11.5. The Bertz CT molecular complexity index is 585. The molecule has 0 rings (SSSR count). The van der Waals surface area contributed by atoms with Gasteiger partial charge in [-0.05, 0) is 58.8 Å². The topological polar surface area (TPSA) is 84.9 Å². The van der Waals surface area contributed by atoms with Crippen molar-refractivity contribution in [2.24, 2.45) is 0 Å². The van der Waals surface area contributed by atoms with Gasteiger partial charge in [-0.3, -0.25) is 4.79 Å². The summed E-state index contributed by atoms with van der Waals surface area (Å²) in [5, 5.41) is 13.3.